The van der Waals surface area contributed by atoms with Gasteiger partial charge in [-0.15, -0.1) is 117 Å². The third-order valence-corrected chi connectivity index (χ3v) is 18.8. The van der Waals surface area contributed by atoms with Gasteiger partial charge in [-0.3, -0.25) is 19.9 Å². The Balaban J connectivity index is 0.000000115. The van der Waals surface area contributed by atoms with Crippen LogP contribution in [0.4, 0.5) is 0 Å². The number of hydrogen-bond donors (Lipinski definition) is 0. The van der Waals surface area contributed by atoms with Gasteiger partial charge in [0.25, 0.3) is 0 Å². The molecule has 104 heavy (non-hydrogen) atoms. The van der Waals surface area contributed by atoms with Gasteiger partial charge >= 0.3 is 0 Å². The summed E-state index contributed by atoms with van der Waals surface area (Å²) >= 11 is 0. The number of fused-ring (bicyclic) bond motifs is 14. The van der Waals surface area contributed by atoms with Gasteiger partial charge in [0.1, 0.15) is 0 Å². The Hall–Kier alpha value is -12.0. The summed E-state index contributed by atoms with van der Waals surface area (Å²) in [7, 11) is 0. The third-order valence-electron chi connectivity index (χ3n) is 18.8. The van der Waals surface area contributed by atoms with Crippen molar-refractivity contribution in [2.45, 2.75) is 27.7 Å². The Morgan fingerprint density at radius 2 is 0.760 bits per heavy atom. The first-order valence-corrected chi connectivity index (χ1v) is 34.2. The van der Waals surface area contributed by atoms with E-state index in [9.17, 15) is 0 Å². The van der Waals surface area contributed by atoms with Gasteiger partial charge in [-0.05, 0) is 119 Å². The number of benzene rings is 14. The maximum Gasteiger partial charge on any atom is 0.0756 e. The van der Waals surface area contributed by atoms with Crippen LogP contribution < -0.4 is 0 Å². The quantitative estimate of drug-likeness (QED) is 0.122. The fourth-order valence-electron chi connectivity index (χ4n) is 14.2. The van der Waals surface area contributed by atoms with Crippen molar-refractivity contribution < 1.29 is 40.2 Å². The van der Waals surface area contributed by atoms with Crippen LogP contribution in [-0.4, -0.2) is 39.0 Å². The van der Waals surface area contributed by atoms with Gasteiger partial charge in [-0.25, -0.2) is 0 Å². The van der Waals surface area contributed by atoms with Gasteiger partial charge in [-0.2, -0.15) is 0 Å². The van der Waals surface area contributed by atoms with Crippen LogP contribution in [0.1, 0.15) is 22.3 Å². The van der Waals surface area contributed by atoms with Crippen LogP contribution in [0.2, 0.25) is 0 Å². The summed E-state index contributed by atoms with van der Waals surface area (Å²) in [5, 5.41) is 16.3. The fraction of sp³-hybridized carbons (Fsp3) is 0.0426. The standard InChI is InChI=1S/2C30H18N3.2C17H14N.2Ir/c1-2-9-22(10-3-1)33-28-13-7-6-12-24(28)25-16-14-21(18-29(25)33)30-31-19-26-23-11-5-4-8-20(23)15-17-27(26)32-30;1-2-9-23(10-3-1)33-27-13-7-6-12-25(27)26-17-16-21(18-28(26)33)30-31-19-22-15-14-20-8-4-5-11-24(20)29(22)32-30;1-12-7-13(2)9-16(8-12)17-10-14-5-3-4-6-15(14)11-18-17;1-12-9-13(2)11-15(10-12)17-16-6-4-3-5-14(16)7-8-18-17;;/h1-13,15-19H;1-15,17-19H;3-8,10-11H,1-2H3;3-10H,1-2H3;;/q4*-1;;. The molecular weight excluding hydrogens is 1630 g/mol. The Bertz CT molecular complexity index is 6540. The minimum atomic E-state index is 0. The summed E-state index contributed by atoms with van der Waals surface area (Å²) in [4.78, 5) is 28.4. The minimum Gasteiger partial charge on any atom is -0.328 e. The second kappa shape index (κ2) is 29.5. The molecule has 502 valence electrons. The van der Waals surface area contributed by atoms with Crippen LogP contribution in [0.15, 0.2) is 316 Å². The minimum absolute atomic E-state index is 0. The molecule has 0 amide bonds. The van der Waals surface area contributed by atoms with E-state index in [4.69, 9.17) is 19.9 Å². The monoisotopic (exact) mass is 1690 g/mol. The average Bonchev–Trinajstić information content (AvgIpc) is 1.58. The van der Waals surface area contributed by atoms with Crippen LogP contribution in [0.5, 0.6) is 0 Å². The zero-order chi connectivity index (χ0) is 68.6. The predicted octanol–water partition coefficient (Wildman–Crippen LogP) is 23.3. The van der Waals surface area contributed by atoms with E-state index in [1.165, 1.54) is 81.4 Å². The summed E-state index contributed by atoms with van der Waals surface area (Å²) in [6.45, 7) is 8.35. The molecule has 20 rings (SSSR count). The topological polar surface area (TPSA) is 87.2 Å². The van der Waals surface area contributed by atoms with Gasteiger partial charge in [0, 0.05) is 104 Å². The largest absolute Gasteiger partial charge is 0.328 e. The molecule has 10 heteroatoms. The Morgan fingerprint density at radius 3 is 1.38 bits per heavy atom. The SMILES string of the molecule is Cc1[c-]c(-c2cc3ccccc3cn2)cc(C)c1.Cc1[c-]c(-c2nccc3ccccc23)cc(C)c1.[Ir].[Ir].[c-]1cc2c3ccccc3n(-c3ccccc3)c2cc1-c1ncc2c(ccc3ccccc32)n1.[c-]1cc2c3ccccc3n(-c3ccccc3)c2cc1-c1ncc2ccc3ccccc3c2n1. The van der Waals surface area contributed by atoms with Crippen molar-refractivity contribution in [1.29, 1.82) is 0 Å². The number of hydrogen-bond acceptors (Lipinski definition) is 6. The van der Waals surface area contributed by atoms with Crippen molar-refractivity contribution >= 4 is 109 Å². The number of aryl methyl sites for hydroxylation is 4. The first kappa shape index (κ1) is 67.8. The van der Waals surface area contributed by atoms with E-state index >= 15 is 0 Å². The molecule has 0 aliphatic heterocycles. The second-order valence-corrected chi connectivity index (χ2v) is 25.8. The molecule has 0 saturated carbocycles. The third kappa shape index (κ3) is 13.4. The van der Waals surface area contributed by atoms with E-state index in [0.717, 1.165) is 94.4 Å². The van der Waals surface area contributed by atoms with E-state index in [-0.39, 0.29) is 40.2 Å². The van der Waals surface area contributed by atoms with Crippen molar-refractivity contribution in [3.63, 3.8) is 0 Å². The summed E-state index contributed by atoms with van der Waals surface area (Å²) in [6, 6.07) is 114. The zero-order valence-electron chi connectivity index (χ0n) is 57.3. The number of rotatable bonds is 6. The Kier molecular flexibility index (Phi) is 19.2. The van der Waals surface area contributed by atoms with Gasteiger partial charge in [0.05, 0.1) is 22.7 Å². The maximum absolute atomic E-state index is 4.99. The molecule has 0 fully saturated rings. The molecule has 0 N–H and O–H groups in total. The number of aromatic nitrogens is 8. The maximum atomic E-state index is 4.99. The van der Waals surface area contributed by atoms with E-state index in [1.807, 2.05) is 49.1 Å². The smallest absolute Gasteiger partial charge is 0.0756 e. The normalized spacial score (nSPS) is 11.1. The van der Waals surface area contributed by atoms with Gasteiger partial charge < -0.3 is 19.1 Å². The molecule has 2 radical (unpaired) electrons. The first-order valence-electron chi connectivity index (χ1n) is 34.2. The second-order valence-electron chi connectivity index (χ2n) is 25.8. The summed E-state index contributed by atoms with van der Waals surface area (Å²) in [6.07, 6.45) is 7.64. The van der Waals surface area contributed by atoms with Crippen LogP contribution in [0.3, 0.4) is 0 Å². The summed E-state index contributed by atoms with van der Waals surface area (Å²) < 4.78 is 4.61. The zero-order valence-corrected chi connectivity index (χ0v) is 62.1. The molecule has 0 aliphatic rings. The fourth-order valence-corrected chi connectivity index (χ4v) is 14.2. The van der Waals surface area contributed by atoms with Crippen molar-refractivity contribution in [2.75, 3.05) is 0 Å². The molecular formula is C94H64Ir2N8-4. The molecule has 6 heterocycles. The molecule has 0 aliphatic carbocycles. The van der Waals surface area contributed by atoms with E-state index in [2.05, 4.69) is 338 Å². The van der Waals surface area contributed by atoms with E-state index < -0.39 is 0 Å². The van der Waals surface area contributed by atoms with E-state index in [1.54, 1.807) is 0 Å². The molecule has 0 bridgehead atoms. The van der Waals surface area contributed by atoms with Gasteiger partial charge in [0.15, 0.2) is 0 Å². The molecule has 0 unspecified atom stereocenters. The van der Waals surface area contributed by atoms with Crippen molar-refractivity contribution in [2.24, 2.45) is 0 Å². The Morgan fingerprint density at radius 1 is 0.298 bits per heavy atom. The molecule has 14 aromatic carbocycles. The summed E-state index contributed by atoms with van der Waals surface area (Å²) in [5.74, 6) is 1.37. The van der Waals surface area contributed by atoms with Crippen LogP contribution in [0.25, 0.3) is 165 Å². The van der Waals surface area contributed by atoms with Crippen molar-refractivity contribution in [1.82, 2.24) is 39.0 Å². The number of nitrogens with zero attached hydrogens (tertiary/aromatic N) is 8. The average molecular weight is 1690 g/mol. The number of pyridine rings is 2. The predicted molar refractivity (Wildman–Crippen MR) is 422 cm³/mol. The molecule has 20 aromatic rings. The number of para-hydroxylation sites is 4. The molecule has 0 atom stereocenters. The summed E-state index contributed by atoms with van der Waals surface area (Å²) in [5.41, 5.74) is 19.5. The van der Waals surface area contributed by atoms with E-state index in [0.29, 0.717) is 11.6 Å². The van der Waals surface area contributed by atoms with Gasteiger partial charge in [0.2, 0.25) is 0 Å². The molecule has 8 nitrogen and oxygen atoms in total. The van der Waals surface area contributed by atoms with Crippen LogP contribution in [-0.2, 0) is 40.2 Å². The molecule has 6 aromatic heterocycles. The van der Waals surface area contributed by atoms with Crippen molar-refractivity contribution in [3.05, 3.63) is 362 Å². The Labute approximate surface area is 629 Å². The van der Waals surface area contributed by atoms with Crippen molar-refractivity contribution in [3.8, 4) is 56.7 Å². The van der Waals surface area contributed by atoms with Crippen LogP contribution >= 0.6 is 0 Å². The molecule has 0 saturated heterocycles. The first-order chi connectivity index (χ1) is 50.2. The van der Waals surface area contributed by atoms with Gasteiger partial charge in [-0.1, -0.05) is 233 Å². The van der Waals surface area contributed by atoms with Crippen LogP contribution in [0, 0.1) is 52.0 Å². The molecule has 0 spiro atoms.